The van der Waals surface area contributed by atoms with Crippen molar-refractivity contribution in [1.29, 1.82) is 0 Å². The number of aromatic nitrogens is 1. The molecule has 1 aromatic heterocycles. The molecule has 0 bridgehead atoms. The van der Waals surface area contributed by atoms with Gasteiger partial charge >= 0.3 is 12.4 Å². The number of rotatable bonds is 11. The number of sulfonamides is 1. The van der Waals surface area contributed by atoms with Crippen LogP contribution in [0.2, 0.25) is 5.02 Å². The summed E-state index contributed by atoms with van der Waals surface area (Å²) in [5.74, 6) is -0.278. The summed E-state index contributed by atoms with van der Waals surface area (Å²) in [4.78, 5) is 17.5. The van der Waals surface area contributed by atoms with Crippen LogP contribution in [-0.2, 0) is 16.4 Å². The van der Waals surface area contributed by atoms with Crippen molar-refractivity contribution in [2.75, 3.05) is 13.1 Å². The largest absolute Gasteiger partial charge is 0.404 e. The Morgan fingerprint density at radius 1 is 1.15 bits per heavy atom. The molecule has 0 spiro atoms. The first-order valence-electron chi connectivity index (χ1n) is 12.7. The van der Waals surface area contributed by atoms with Gasteiger partial charge < -0.3 is 10.6 Å². The minimum absolute atomic E-state index is 0.0181. The highest BCUT2D eigenvalue weighted by Gasteiger charge is 2.39. The molecule has 0 unspecified atom stereocenters. The van der Waals surface area contributed by atoms with Gasteiger partial charge in [-0.1, -0.05) is 36.9 Å². The number of benzene rings is 1. The van der Waals surface area contributed by atoms with Crippen LogP contribution in [0.1, 0.15) is 61.1 Å². The zero-order valence-corrected chi connectivity index (χ0v) is 25.1. The highest BCUT2D eigenvalue weighted by Crippen LogP contribution is 2.41. The van der Waals surface area contributed by atoms with E-state index in [1.165, 1.54) is 26.8 Å². The minimum Gasteiger partial charge on any atom is -0.348 e. The van der Waals surface area contributed by atoms with Gasteiger partial charge in [0.05, 0.1) is 27.0 Å². The number of amides is 1. The van der Waals surface area contributed by atoms with Crippen molar-refractivity contribution in [3.8, 4) is 10.4 Å². The lowest BCUT2D eigenvalue weighted by molar-refractivity contribution is -0.147. The third-order valence-corrected chi connectivity index (χ3v) is 10.1. The van der Waals surface area contributed by atoms with Gasteiger partial charge in [0.1, 0.15) is 6.04 Å². The second-order valence-electron chi connectivity index (χ2n) is 10.8. The summed E-state index contributed by atoms with van der Waals surface area (Å²) in [6.07, 6.45) is -5.70. The SMILES string of the molecule is Cc1c(S(=O)(=O)N[C@@H](C)C(F)(F)F)ccc(-c2sc(C(=O)NCC(C)(C)NCC(F)(F)F)nc2CC2CCC2)c1Cl. The van der Waals surface area contributed by atoms with Crippen LogP contribution in [0.25, 0.3) is 10.4 Å². The second-order valence-corrected chi connectivity index (χ2v) is 13.8. The van der Waals surface area contributed by atoms with E-state index in [4.69, 9.17) is 11.6 Å². The molecule has 1 saturated carbocycles. The molecule has 230 valence electrons. The lowest BCUT2D eigenvalue weighted by atomic mass is 9.82. The van der Waals surface area contributed by atoms with Gasteiger partial charge in [0, 0.05) is 17.6 Å². The van der Waals surface area contributed by atoms with E-state index in [2.05, 4.69) is 15.6 Å². The molecule has 1 fully saturated rings. The summed E-state index contributed by atoms with van der Waals surface area (Å²) in [6.45, 7) is 3.73. The maximum absolute atomic E-state index is 13.0. The second kappa shape index (κ2) is 12.3. The lowest BCUT2D eigenvalue weighted by Crippen LogP contribution is -2.51. The quantitative estimate of drug-likeness (QED) is 0.260. The van der Waals surface area contributed by atoms with Gasteiger partial charge in [-0.15, -0.1) is 11.3 Å². The molecule has 0 radical (unpaired) electrons. The number of halogens is 7. The maximum atomic E-state index is 13.0. The fourth-order valence-corrected chi connectivity index (χ4v) is 6.93. The van der Waals surface area contributed by atoms with Crippen LogP contribution in [0.4, 0.5) is 26.3 Å². The predicted molar refractivity (Wildman–Crippen MR) is 145 cm³/mol. The molecule has 1 aromatic carbocycles. The first-order chi connectivity index (χ1) is 18.7. The third-order valence-electron chi connectivity index (χ3n) is 6.75. The van der Waals surface area contributed by atoms with Gasteiger partial charge in [-0.25, -0.2) is 13.4 Å². The van der Waals surface area contributed by atoms with Crippen LogP contribution in [-0.4, -0.2) is 56.3 Å². The normalized spacial score (nSPS) is 16.0. The lowest BCUT2D eigenvalue weighted by Gasteiger charge is -2.27. The Morgan fingerprint density at radius 2 is 1.78 bits per heavy atom. The van der Waals surface area contributed by atoms with Crippen molar-refractivity contribution in [3.63, 3.8) is 0 Å². The number of alkyl halides is 6. The molecule has 1 amide bonds. The summed E-state index contributed by atoms with van der Waals surface area (Å²) in [7, 11) is -4.57. The number of nitrogens with one attached hydrogen (secondary N) is 3. The van der Waals surface area contributed by atoms with Crippen molar-refractivity contribution < 1.29 is 39.6 Å². The van der Waals surface area contributed by atoms with Crippen LogP contribution in [0.3, 0.4) is 0 Å². The van der Waals surface area contributed by atoms with Crippen LogP contribution in [0, 0.1) is 12.8 Å². The van der Waals surface area contributed by atoms with E-state index in [0.717, 1.165) is 36.7 Å². The number of hydrogen-bond acceptors (Lipinski definition) is 6. The standard InChI is InChI=1S/C25H31ClF6N4O3S2/c1-13-18(41(38,39)36-14(2)25(30,31)32)9-8-16(19(13)26)20-17(10-15-6-5-7-15)35-22(40-20)21(37)33-11-23(3,4)34-12-24(27,28)29/h8-9,14-15,34,36H,5-7,10-12H2,1-4H3,(H,33,37)/t14-/m0/s1. The Bertz CT molecular complexity index is 1370. The number of carbonyl (C=O) groups excluding carboxylic acids is 1. The molecule has 0 saturated heterocycles. The van der Waals surface area contributed by atoms with Crippen molar-refractivity contribution in [2.45, 2.75) is 82.2 Å². The van der Waals surface area contributed by atoms with E-state index < -0.39 is 51.3 Å². The fourth-order valence-electron chi connectivity index (χ4n) is 4.04. The van der Waals surface area contributed by atoms with Crippen molar-refractivity contribution in [2.24, 2.45) is 5.92 Å². The fraction of sp³-hybridized carbons (Fsp3) is 0.600. The number of thiazole rings is 1. The molecule has 7 nitrogen and oxygen atoms in total. The monoisotopic (exact) mass is 648 g/mol. The first kappa shape index (κ1) is 33.6. The zero-order valence-electron chi connectivity index (χ0n) is 22.7. The van der Waals surface area contributed by atoms with E-state index in [1.807, 2.05) is 0 Å². The molecule has 3 rings (SSSR count). The van der Waals surface area contributed by atoms with E-state index in [9.17, 15) is 39.6 Å². The van der Waals surface area contributed by atoms with Crippen LogP contribution >= 0.6 is 22.9 Å². The zero-order chi connectivity index (χ0) is 31.0. The minimum atomic E-state index is -4.79. The number of nitrogens with zero attached hydrogens (tertiary/aromatic N) is 1. The summed E-state index contributed by atoms with van der Waals surface area (Å²) in [5, 5.41) is 4.98. The summed E-state index contributed by atoms with van der Waals surface area (Å²) in [5.41, 5.74) is -0.123. The van der Waals surface area contributed by atoms with E-state index in [0.29, 0.717) is 35.4 Å². The molecule has 2 aromatic rings. The van der Waals surface area contributed by atoms with E-state index >= 15 is 0 Å². The first-order valence-corrected chi connectivity index (χ1v) is 15.4. The molecule has 0 aliphatic heterocycles. The maximum Gasteiger partial charge on any atom is 0.404 e. The van der Waals surface area contributed by atoms with E-state index in [-0.39, 0.29) is 22.1 Å². The van der Waals surface area contributed by atoms with E-state index in [1.54, 1.807) is 4.72 Å². The van der Waals surface area contributed by atoms with Gasteiger partial charge in [0.25, 0.3) is 5.91 Å². The molecule has 1 atom stereocenters. The highest BCUT2D eigenvalue weighted by atomic mass is 35.5. The highest BCUT2D eigenvalue weighted by molar-refractivity contribution is 7.89. The number of hydrogen-bond donors (Lipinski definition) is 3. The smallest absolute Gasteiger partial charge is 0.348 e. The average molecular weight is 649 g/mol. The Morgan fingerprint density at radius 3 is 2.32 bits per heavy atom. The summed E-state index contributed by atoms with van der Waals surface area (Å²) >= 11 is 7.56. The Hall–Kier alpha value is -1.94. The van der Waals surface area contributed by atoms with Crippen molar-refractivity contribution >= 4 is 38.9 Å². The Balaban J connectivity index is 1.90. The predicted octanol–water partition coefficient (Wildman–Crippen LogP) is 6.00. The molecule has 41 heavy (non-hydrogen) atoms. The topological polar surface area (TPSA) is 100 Å². The van der Waals surface area contributed by atoms with Crippen LogP contribution < -0.4 is 15.4 Å². The number of carbonyl (C=O) groups is 1. The molecule has 1 heterocycles. The molecule has 1 aliphatic carbocycles. The third kappa shape index (κ3) is 8.78. The van der Waals surface area contributed by atoms with Gasteiger partial charge in [-0.2, -0.15) is 31.1 Å². The molecule has 3 N–H and O–H groups in total. The van der Waals surface area contributed by atoms with Gasteiger partial charge in [0.15, 0.2) is 5.01 Å². The Kier molecular flexibility index (Phi) is 10.1. The molecule has 16 heteroatoms. The van der Waals surface area contributed by atoms with Crippen molar-refractivity contribution in [1.82, 2.24) is 20.3 Å². The molecular formula is C25H31ClF6N4O3S2. The van der Waals surface area contributed by atoms with Gasteiger partial charge in [-0.3, -0.25) is 4.79 Å². The van der Waals surface area contributed by atoms with Crippen molar-refractivity contribution in [3.05, 3.63) is 33.4 Å². The molecular weight excluding hydrogens is 618 g/mol. The molecule has 1 aliphatic rings. The summed E-state index contributed by atoms with van der Waals surface area (Å²) < 4.78 is 104. The summed E-state index contributed by atoms with van der Waals surface area (Å²) in [6, 6.07) is 0.200. The van der Waals surface area contributed by atoms with Gasteiger partial charge in [0.2, 0.25) is 10.0 Å². The van der Waals surface area contributed by atoms with Gasteiger partial charge in [-0.05, 0) is 51.7 Å². The average Bonchev–Trinajstić information content (AvgIpc) is 3.23. The Labute approximate surface area is 243 Å². The van der Waals surface area contributed by atoms with Crippen LogP contribution in [0.15, 0.2) is 17.0 Å². The van der Waals surface area contributed by atoms with Crippen LogP contribution in [0.5, 0.6) is 0 Å².